The number of carbonyl (C=O) groups excluding carboxylic acids is 1. The van der Waals surface area contributed by atoms with Crippen LogP contribution in [-0.2, 0) is 17.8 Å². The molecule has 0 aromatic carbocycles. The van der Waals surface area contributed by atoms with Crippen LogP contribution < -0.4 is 10.1 Å². The average Bonchev–Trinajstić information content (AvgIpc) is 3.27. The van der Waals surface area contributed by atoms with Gasteiger partial charge in [-0.2, -0.15) is 10.2 Å². The van der Waals surface area contributed by atoms with E-state index in [1.54, 1.807) is 16.9 Å². The smallest absolute Gasteiger partial charge is 0.276 e. The summed E-state index contributed by atoms with van der Waals surface area (Å²) in [4.78, 5) is 14.7. The third kappa shape index (κ3) is 3.83. The van der Waals surface area contributed by atoms with Gasteiger partial charge in [0.15, 0.2) is 5.69 Å². The zero-order valence-corrected chi connectivity index (χ0v) is 14.1. The van der Waals surface area contributed by atoms with Gasteiger partial charge in [-0.05, 0) is 0 Å². The van der Waals surface area contributed by atoms with E-state index in [9.17, 15) is 4.79 Å². The van der Waals surface area contributed by atoms with Crippen LogP contribution in [-0.4, -0.2) is 69.8 Å². The van der Waals surface area contributed by atoms with Gasteiger partial charge in [-0.3, -0.25) is 14.4 Å². The maximum absolute atomic E-state index is 12.3. The molecule has 1 saturated heterocycles. The molecule has 9 nitrogen and oxygen atoms in total. The minimum Gasteiger partial charge on any atom is -0.478 e. The van der Waals surface area contributed by atoms with E-state index < -0.39 is 0 Å². The van der Waals surface area contributed by atoms with Crippen molar-refractivity contribution in [2.75, 3.05) is 44.8 Å². The summed E-state index contributed by atoms with van der Waals surface area (Å²) in [5, 5.41) is 11.4. The molecule has 4 rings (SSSR count). The Bertz CT molecular complexity index is 711. The van der Waals surface area contributed by atoms with Gasteiger partial charge in [0.25, 0.3) is 5.91 Å². The zero-order chi connectivity index (χ0) is 17.1. The highest BCUT2D eigenvalue weighted by Crippen LogP contribution is 2.19. The van der Waals surface area contributed by atoms with Gasteiger partial charge in [-0.25, -0.2) is 4.68 Å². The number of hydrogen-bond donors (Lipinski definition) is 1. The minimum atomic E-state index is -0.252. The molecule has 1 N–H and O–H groups in total. The molecule has 2 aromatic heterocycles. The Balaban J connectivity index is 1.32. The summed E-state index contributed by atoms with van der Waals surface area (Å²) in [6, 6.07) is 1.68. The van der Waals surface area contributed by atoms with Crippen LogP contribution >= 0.6 is 0 Å². The SMILES string of the molecule is O=C(Nc1cnn(CCN2CCOCC2)c1)c1cc2n(n1)CCCO2. The van der Waals surface area contributed by atoms with E-state index in [2.05, 4.69) is 20.4 Å². The van der Waals surface area contributed by atoms with Crippen molar-refractivity contribution in [1.82, 2.24) is 24.5 Å². The molecule has 2 aliphatic rings. The van der Waals surface area contributed by atoms with E-state index in [1.807, 2.05) is 10.9 Å². The molecule has 25 heavy (non-hydrogen) atoms. The first-order valence-electron chi connectivity index (χ1n) is 8.62. The second-order valence-corrected chi connectivity index (χ2v) is 6.19. The first-order valence-corrected chi connectivity index (χ1v) is 8.62. The highest BCUT2D eigenvalue weighted by Gasteiger charge is 2.18. The second kappa shape index (κ2) is 7.24. The van der Waals surface area contributed by atoms with Crippen LogP contribution in [0.3, 0.4) is 0 Å². The van der Waals surface area contributed by atoms with Crippen molar-refractivity contribution in [3.05, 3.63) is 24.2 Å². The molecule has 1 amide bonds. The van der Waals surface area contributed by atoms with Gasteiger partial charge in [0.2, 0.25) is 5.88 Å². The fraction of sp³-hybridized carbons (Fsp3) is 0.562. The summed E-state index contributed by atoms with van der Waals surface area (Å²) in [6.07, 6.45) is 4.40. The molecule has 0 aliphatic carbocycles. The molecule has 2 aromatic rings. The topological polar surface area (TPSA) is 86.4 Å². The summed E-state index contributed by atoms with van der Waals surface area (Å²) in [5.41, 5.74) is 1.02. The Hall–Kier alpha value is -2.39. The maximum Gasteiger partial charge on any atom is 0.276 e. The largest absolute Gasteiger partial charge is 0.478 e. The van der Waals surface area contributed by atoms with Gasteiger partial charge in [-0.15, -0.1) is 0 Å². The van der Waals surface area contributed by atoms with Crippen molar-refractivity contribution in [3.63, 3.8) is 0 Å². The molecular formula is C16H22N6O3. The normalized spacial score (nSPS) is 17.8. The zero-order valence-electron chi connectivity index (χ0n) is 14.1. The van der Waals surface area contributed by atoms with Gasteiger partial charge in [-0.1, -0.05) is 0 Å². The molecule has 0 spiro atoms. The van der Waals surface area contributed by atoms with Crippen LogP contribution in [0.4, 0.5) is 5.69 Å². The van der Waals surface area contributed by atoms with Crippen LogP contribution in [0.25, 0.3) is 0 Å². The molecule has 2 aliphatic heterocycles. The van der Waals surface area contributed by atoms with Crippen LogP contribution in [0.1, 0.15) is 16.9 Å². The highest BCUT2D eigenvalue weighted by atomic mass is 16.5. The lowest BCUT2D eigenvalue weighted by molar-refractivity contribution is 0.0360. The Kier molecular flexibility index (Phi) is 4.66. The summed E-state index contributed by atoms with van der Waals surface area (Å²) in [6.45, 7) is 6.64. The molecule has 0 saturated carbocycles. The molecule has 0 atom stereocenters. The van der Waals surface area contributed by atoms with E-state index in [-0.39, 0.29) is 5.91 Å². The van der Waals surface area contributed by atoms with Crippen LogP contribution in [0.15, 0.2) is 18.5 Å². The van der Waals surface area contributed by atoms with Crippen molar-refractivity contribution >= 4 is 11.6 Å². The minimum absolute atomic E-state index is 0.252. The lowest BCUT2D eigenvalue weighted by Crippen LogP contribution is -2.38. The van der Waals surface area contributed by atoms with Crippen LogP contribution in [0, 0.1) is 0 Å². The number of anilines is 1. The highest BCUT2D eigenvalue weighted by molar-refractivity contribution is 6.02. The van der Waals surface area contributed by atoms with Crippen molar-refractivity contribution in [2.45, 2.75) is 19.5 Å². The number of carbonyl (C=O) groups is 1. The van der Waals surface area contributed by atoms with Gasteiger partial charge in [0, 0.05) is 44.9 Å². The number of aryl methyl sites for hydroxylation is 1. The molecule has 1 fully saturated rings. The summed E-state index contributed by atoms with van der Waals surface area (Å²) < 4.78 is 14.4. The number of morpholine rings is 1. The summed E-state index contributed by atoms with van der Waals surface area (Å²) >= 11 is 0. The summed E-state index contributed by atoms with van der Waals surface area (Å²) in [5.74, 6) is 0.399. The van der Waals surface area contributed by atoms with Crippen molar-refractivity contribution in [3.8, 4) is 5.88 Å². The Morgan fingerprint density at radius 1 is 1.20 bits per heavy atom. The number of nitrogens with zero attached hydrogens (tertiary/aromatic N) is 5. The fourth-order valence-electron chi connectivity index (χ4n) is 2.99. The molecule has 0 unspecified atom stereocenters. The Labute approximate surface area is 145 Å². The Morgan fingerprint density at radius 2 is 2.08 bits per heavy atom. The van der Waals surface area contributed by atoms with Crippen molar-refractivity contribution in [1.29, 1.82) is 0 Å². The maximum atomic E-state index is 12.3. The lowest BCUT2D eigenvalue weighted by atomic mass is 10.4. The number of nitrogens with one attached hydrogen (secondary N) is 1. The fourth-order valence-corrected chi connectivity index (χ4v) is 2.99. The lowest BCUT2D eigenvalue weighted by Gasteiger charge is -2.26. The monoisotopic (exact) mass is 346 g/mol. The average molecular weight is 346 g/mol. The van der Waals surface area contributed by atoms with E-state index >= 15 is 0 Å². The Morgan fingerprint density at radius 3 is 2.92 bits per heavy atom. The predicted molar refractivity (Wildman–Crippen MR) is 89.8 cm³/mol. The molecule has 4 heterocycles. The molecular weight excluding hydrogens is 324 g/mol. The number of ether oxygens (including phenoxy) is 2. The molecule has 0 bridgehead atoms. The standard InChI is InChI=1S/C16H22N6O3/c23-16(14-10-15-22(19-14)2-1-7-25-15)18-13-11-17-21(12-13)4-3-20-5-8-24-9-6-20/h10-12H,1-9H2,(H,18,23). The van der Waals surface area contributed by atoms with Gasteiger partial charge in [0.1, 0.15) is 0 Å². The van der Waals surface area contributed by atoms with E-state index in [4.69, 9.17) is 9.47 Å². The van der Waals surface area contributed by atoms with Crippen LogP contribution in [0.5, 0.6) is 5.88 Å². The van der Waals surface area contributed by atoms with E-state index in [1.165, 1.54) is 0 Å². The van der Waals surface area contributed by atoms with E-state index in [0.29, 0.717) is 23.9 Å². The quantitative estimate of drug-likeness (QED) is 0.846. The van der Waals surface area contributed by atoms with Crippen LogP contribution in [0.2, 0.25) is 0 Å². The van der Waals surface area contributed by atoms with Gasteiger partial charge in [0.05, 0.1) is 38.2 Å². The summed E-state index contributed by atoms with van der Waals surface area (Å²) in [7, 11) is 0. The van der Waals surface area contributed by atoms with Gasteiger partial charge >= 0.3 is 0 Å². The molecule has 0 radical (unpaired) electrons. The first kappa shape index (κ1) is 16.1. The van der Waals surface area contributed by atoms with Crippen molar-refractivity contribution < 1.29 is 14.3 Å². The number of aromatic nitrogens is 4. The molecule has 9 heteroatoms. The number of hydrogen-bond acceptors (Lipinski definition) is 6. The predicted octanol–water partition coefficient (Wildman–Crippen LogP) is 0.447. The van der Waals surface area contributed by atoms with Gasteiger partial charge < -0.3 is 14.8 Å². The third-order valence-electron chi connectivity index (χ3n) is 4.38. The van der Waals surface area contributed by atoms with E-state index in [0.717, 1.165) is 52.4 Å². The van der Waals surface area contributed by atoms with Crippen molar-refractivity contribution in [2.24, 2.45) is 0 Å². The molecule has 134 valence electrons. The number of amides is 1. The number of rotatable bonds is 5. The number of fused-ring (bicyclic) bond motifs is 1. The third-order valence-corrected chi connectivity index (χ3v) is 4.38. The second-order valence-electron chi connectivity index (χ2n) is 6.19. The first-order chi connectivity index (χ1) is 12.3.